The quantitative estimate of drug-likeness (QED) is 0.746. The molecule has 0 aliphatic heterocycles. The number of hydrogen-bond donors (Lipinski definition) is 1. The standard InChI is InChI=1S/C15H13ClN6/c16-12-4-2-1-3-11(12)15(17)22(13-9-18-5-7-20-13)14-10-19-6-8-21-14/h1-10,15H,17H2. The summed E-state index contributed by atoms with van der Waals surface area (Å²) >= 11 is 6.26. The fraction of sp³-hybridized carbons (Fsp3) is 0.0667. The number of halogens is 1. The van der Waals surface area contributed by atoms with Crippen LogP contribution in [-0.2, 0) is 0 Å². The zero-order valence-corrected chi connectivity index (χ0v) is 12.3. The first kappa shape index (κ1) is 14.4. The van der Waals surface area contributed by atoms with Gasteiger partial charge in [-0.1, -0.05) is 29.8 Å². The number of benzene rings is 1. The Balaban J connectivity index is 2.08. The van der Waals surface area contributed by atoms with Crippen molar-refractivity contribution in [1.29, 1.82) is 0 Å². The van der Waals surface area contributed by atoms with E-state index in [0.29, 0.717) is 16.7 Å². The zero-order valence-electron chi connectivity index (χ0n) is 11.5. The number of anilines is 2. The fourth-order valence-electron chi connectivity index (χ4n) is 2.09. The van der Waals surface area contributed by atoms with Crippen LogP contribution in [0.25, 0.3) is 0 Å². The highest BCUT2D eigenvalue weighted by Gasteiger charge is 2.23. The van der Waals surface area contributed by atoms with Gasteiger partial charge in [0.15, 0.2) is 11.6 Å². The van der Waals surface area contributed by atoms with E-state index in [4.69, 9.17) is 17.3 Å². The first-order valence-electron chi connectivity index (χ1n) is 6.58. The molecule has 3 aromatic rings. The Morgan fingerprint density at radius 3 is 2.00 bits per heavy atom. The smallest absolute Gasteiger partial charge is 0.154 e. The van der Waals surface area contributed by atoms with Crippen molar-refractivity contribution in [2.45, 2.75) is 6.17 Å². The maximum absolute atomic E-state index is 6.41. The minimum atomic E-state index is -0.568. The second kappa shape index (κ2) is 6.46. The molecule has 6 nitrogen and oxygen atoms in total. The fourth-order valence-corrected chi connectivity index (χ4v) is 2.34. The van der Waals surface area contributed by atoms with Gasteiger partial charge < -0.3 is 5.73 Å². The third-order valence-electron chi connectivity index (χ3n) is 3.09. The van der Waals surface area contributed by atoms with Crippen molar-refractivity contribution in [1.82, 2.24) is 19.9 Å². The van der Waals surface area contributed by atoms with Crippen LogP contribution in [0.1, 0.15) is 11.7 Å². The molecule has 3 rings (SSSR count). The van der Waals surface area contributed by atoms with Gasteiger partial charge >= 0.3 is 0 Å². The van der Waals surface area contributed by atoms with Gasteiger partial charge in [-0.25, -0.2) is 9.97 Å². The number of nitrogens with two attached hydrogens (primary N) is 1. The summed E-state index contributed by atoms with van der Waals surface area (Å²) < 4.78 is 0. The van der Waals surface area contributed by atoms with Crippen LogP contribution in [0.2, 0.25) is 5.02 Å². The van der Waals surface area contributed by atoms with Crippen LogP contribution in [-0.4, -0.2) is 19.9 Å². The Bertz CT molecular complexity index is 698. The van der Waals surface area contributed by atoms with Crippen molar-refractivity contribution in [2.24, 2.45) is 5.73 Å². The Kier molecular flexibility index (Phi) is 4.22. The third kappa shape index (κ3) is 2.88. The normalized spacial score (nSPS) is 11.9. The molecule has 22 heavy (non-hydrogen) atoms. The molecule has 0 saturated carbocycles. The molecule has 0 bridgehead atoms. The highest BCUT2D eigenvalue weighted by Crippen LogP contribution is 2.31. The van der Waals surface area contributed by atoms with Crippen LogP contribution in [0.3, 0.4) is 0 Å². The minimum Gasteiger partial charge on any atom is -0.307 e. The Labute approximate surface area is 132 Å². The summed E-state index contributed by atoms with van der Waals surface area (Å²) in [5, 5.41) is 0.577. The lowest BCUT2D eigenvalue weighted by atomic mass is 10.1. The summed E-state index contributed by atoms with van der Waals surface area (Å²) in [6.07, 6.45) is 9.05. The van der Waals surface area contributed by atoms with Crippen LogP contribution in [0.15, 0.2) is 61.4 Å². The third-order valence-corrected chi connectivity index (χ3v) is 3.44. The molecule has 1 unspecified atom stereocenters. The average molecular weight is 313 g/mol. The van der Waals surface area contributed by atoms with Gasteiger partial charge in [0.2, 0.25) is 0 Å². The Morgan fingerprint density at radius 1 is 0.909 bits per heavy atom. The van der Waals surface area contributed by atoms with Crippen molar-refractivity contribution in [3.8, 4) is 0 Å². The second-order valence-electron chi connectivity index (χ2n) is 4.46. The summed E-state index contributed by atoms with van der Waals surface area (Å²) in [4.78, 5) is 18.5. The topological polar surface area (TPSA) is 80.8 Å². The SMILES string of the molecule is NC(c1ccccc1Cl)N(c1cnccn1)c1cnccn1. The van der Waals surface area contributed by atoms with Crippen LogP contribution in [0, 0.1) is 0 Å². The van der Waals surface area contributed by atoms with Gasteiger partial charge in [-0.3, -0.25) is 14.9 Å². The van der Waals surface area contributed by atoms with E-state index in [2.05, 4.69) is 19.9 Å². The van der Waals surface area contributed by atoms with Crippen LogP contribution in [0.5, 0.6) is 0 Å². The van der Waals surface area contributed by atoms with E-state index in [1.54, 1.807) is 48.1 Å². The molecule has 1 atom stereocenters. The number of nitrogens with zero attached hydrogens (tertiary/aromatic N) is 5. The average Bonchev–Trinajstić information content (AvgIpc) is 2.57. The maximum atomic E-state index is 6.41. The van der Waals surface area contributed by atoms with E-state index < -0.39 is 6.17 Å². The minimum absolute atomic E-state index is 0.565. The van der Waals surface area contributed by atoms with Crippen molar-refractivity contribution in [3.05, 3.63) is 72.0 Å². The number of rotatable bonds is 4. The molecule has 0 aliphatic carbocycles. The summed E-state index contributed by atoms with van der Waals surface area (Å²) in [5.41, 5.74) is 7.17. The molecule has 0 aliphatic rings. The number of hydrogen-bond acceptors (Lipinski definition) is 6. The largest absolute Gasteiger partial charge is 0.307 e. The van der Waals surface area contributed by atoms with Gasteiger partial charge in [0.1, 0.15) is 6.17 Å². The molecule has 7 heteroatoms. The molecule has 2 heterocycles. The molecule has 2 N–H and O–H groups in total. The van der Waals surface area contributed by atoms with Crippen LogP contribution < -0.4 is 10.6 Å². The molecule has 0 fully saturated rings. The molecule has 110 valence electrons. The van der Waals surface area contributed by atoms with Crippen molar-refractivity contribution >= 4 is 23.2 Å². The molecule has 0 radical (unpaired) electrons. The summed E-state index contributed by atoms with van der Waals surface area (Å²) in [6.45, 7) is 0. The van der Waals surface area contributed by atoms with E-state index in [1.165, 1.54) is 0 Å². The van der Waals surface area contributed by atoms with Gasteiger partial charge in [0.25, 0.3) is 0 Å². The Hall–Kier alpha value is -2.57. The van der Waals surface area contributed by atoms with Gasteiger partial charge in [-0.05, 0) is 6.07 Å². The molecular weight excluding hydrogens is 300 g/mol. The van der Waals surface area contributed by atoms with Crippen LogP contribution in [0.4, 0.5) is 11.6 Å². The lowest BCUT2D eigenvalue weighted by Gasteiger charge is -2.29. The predicted octanol–water partition coefficient (Wildman–Crippen LogP) is 2.72. The van der Waals surface area contributed by atoms with Crippen LogP contribution >= 0.6 is 11.6 Å². The first-order chi connectivity index (χ1) is 10.8. The lowest BCUT2D eigenvalue weighted by molar-refractivity contribution is 0.714. The van der Waals surface area contributed by atoms with E-state index in [-0.39, 0.29) is 0 Å². The van der Waals surface area contributed by atoms with Gasteiger partial charge in [0, 0.05) is 35.4 Å². The molecule has 2 aromatic heterocycles. The monoisotopic (exact) mass is 312 g/mol. The summed E-state index contributed by atoms with van der Waals surface area (Å²) in [5.74, 6) is 1.13. The second-order valence-corrected chi connectivity index (χ2v) is 4.87. The van der Waals surface area contributed by atoms with E-state index >= 15 is 0 Å². The lowest BCUT2D eigenvalue weighted by Crippen LogP contribution is -2.32. The highest BCUT2D eigenvalue weighted by atomic mass is 35.5. The Morgan fingerprint density at radius 2 is 1.50 bits per heavy atom. The predicted molar refractivity (Wildman–Crippen MR) is 84.6 cm³/mol. The molecular formula is C15H13ClN6. The van der Waals surface area contributed by atoms with Gasteiger partial charge in [-0.15, -0.1) is 0 Å². The number of aromatic nitrogens is 4. The van der Waals surface area contributed by atoms with Crippen molar-refractivity contribution < 1.29 is 0 Å². The van der Waals surface area contributed by atoms with Gasteiger partial charge in [-0.2, -0.15) is 0 Å². The molecule has 0 saturated heterocycles. The highest BCUT2D eigenvalue weighted by molar-refractivity contribution is 6.31. The molecule has 1 aromatic carbocycles. The zero-order chi connectivity index (χ0) is 15.4. The van der Waals surface area contributed by atoms with Crippen molar-refractivity contribution in [3.63, 3.8) is 0 Å². The summed E-state index contributed by atoms with van der Waals surface area (Å²) in [7, 11) is 0. The first-order valence-corrected chi connectivity index (χ1v) is 6.96. The van der Waals surface area contributed by atoms with Crippen molar-refractivity contribution in [2.75, 3.05) is 4.90 Å². The molecule has 0 amide bonds. The molecule has 0 spiro atoms. The van der Waals surface area contributed by atoms with E-state index in [1.807, 2.05) is 18.2 Å². The van der Waals surface area contributed by atoms with E-state index in [0.717, 1.165) is 5.56 Å². The van der Waals surface area contributed by atoms with E-state index in [9.17, 15) is 0 Å². The maximum Gasteiger partial charge on any atom is 0.154 e. The summed E-state index contributed by atoms with van der Waals surface area (Å²) in [6, 6.07) is 7.40. The van der Waals surface area contributed by atoms with Gasteiger partial charge in [0.05, 0.1) is 12.4 Å².